The summed E-state index contributed by atoms with van der Waals surface area (Å²) in [6, 6.07) is 10.4. The second kappa shape index (κ2) is 9.38. The molecule has 27 heavy (non-hydrogen) atoms. The average molecular weight is 373 g/mol. The van der Waals surface area contributed by atoms with Crippen molar-refractivity contribution in [2.24, 2.45) is 0 Å². The van der Waals surface area contributed by atoms with E-state index in [1.54, 1.807) is 18.2 Å². The molecule has 142 valence electrons. The first-order valence-corrected chi connectivity index (χ1v) is 8.10. The minimum atomic E-state index is -1.03. The maximum absolute atomic E-state index is 12.9. The minimum absolute atomic E-state index is 0.404. The summed E-state index contributed by atoms with van der Waals surface area (Å²) in [5.74, 6) is -0.465. The molecule has 1 amide bonds. The number of hydrogen-bond donors (Lipinski definition) is 1. The van der Waals surface area contributed by atoms with Crippen molar-refractivity contribution < 1.29 is 28.2 Å². The van der Waals surface area contributed by atoms with E-state index in [2.05, 4.69) is 5.32 Å². The van der Waals surface area contributed by atoms with E-state index in [-0.39, 0.29) is 0 Å². The molecule has 2 rings (SSSR count). The summed E-state index contributed by atoms with van der Waals surface area (Å²) in [6.07, 6.45) is 1.67. The average Bonchev–Trinajstić information content (AvgIpc) is 2.67. The van der Waals surface area contributed by atoms with Gasteiger partial charge in [0.1, 0.15) is 17.3 Å². The third-order valence-corrected chi connectivity index (χ3v) is 3.61. The number of rotatable bonds is 7. The van der Waals surface area contributed by atoms with Crippen LogP contribution >= 0.6 is 0 Å². The quantitative estimate of drug-likeness (QED) is 0.595. The van der Waals surface area contributed by atoms with Gasteiger partial charge in [0.15, 0.2) is 6.10 Å². The van der Waals surface area contributed by atoms with E-state index in [1.165, 1.54) is 57.6 Å². The molecule has 2 aromatic rings. The summed E-state index contributed by atoms with van der Waals surface area (Å²) in [6.45, 7) is 1.44. The summed E-state index contributed by atoms with van der Waals surface area (Å²) in [5.41, 5.74) is 1.03. The van der Waals surface area contributed by atoms with Crippen LogP contribution in [0.2, 0.25) is 0 Å². The van der Waals surface area contributed by atoms with Crippen molar-refractivity contribution >= 4 is 23.6 Å². The number of carbonyl (C=O) groups is 2. The van der Waals surface area contributed by atoms with Crippen LogP contribution in [0.4, 0.5) is 10.1 Å². The number of carbonyl (C=O) groups excluding carboxylic acids is 2. The molecule has 0 bridgehead atoms. The van der Waals surface area contributed by atoms with Gasteiger partial charge < -0.3 is 19.5 Å². The minimum Gasteiger partial charge on any atom is -0.497 e. The predicted molar refractivity (Wildman–Crippen MR) is 99.2 cm³/mol. The number of methoxy groups -OCH3 is 2. The highest BCUT2D eigenvalue weighted by Gasteiger charge is 2.16. The first-order chi connectivity index (χ1) is 12.9. The van der Waals surface area contributed by atoms with Crippen LogP contribution in [-0.2, 0) is 14.3 Å². The highest BCUT2D eigenvalue weighted by molar-refractivity contribution is 5.96. The first kappa shape index (κ1) is 20.0. The standard InChI is InChI=1S/C20H20FNO5/c1-13(20(24)22-16-7-5-15(21)6-8-16)27-19(23)11-4-14-12-17(25-2)9-10-18(14)26-3/h4-13H,1-3H3,(H,22,24)/b11-4+/t13-/m1/s1. The van der Waals surface area contributed by atoms with E-state index < -0.39 is 23.8 Å². The molecular weight excluding hydrogens is 353 g/mol. The fourth-order valence-electron chi connectivity index (χ4n) is 2.17. The Kier molecular flexibility index (Phi) is 6.93. The Hall–Kier alpha value is -3.35. The molecule has 0 unspecified atom stereocenters. The fourth-order valence-corrected chi connectivity index (χ4v) is 2.17. The Morgan fingerprint density at radius 1 is 1.07 bits per heavy atom. The number of hydrogen-bond acceptors (Lipinski definition) is 5. The van der Waals surface area contributed by atoms with Crippen molar-refractivity contribution in [3.8, 4) is 11.5 Å². The lowest BCUT2D eigenvalue weighted by molar-refractivity contribution is -0.148. The van der Waals surface area contributed by atoms with Crippen molar-refractivity contribution in [3.05, 3.63) is 59.9 Å². The summed E-state index contributed by atoms with van der Waals surface area (Å²) in [4.78, 5) is 24.0. The smallest absolute Gasteiger partial charge is 0.331 e. The normalized spacial score (nSPS) is 11.7. The van der Waals surface area contributed by atoms with Crippen LogP contribution in [0.1, 0.15) is 12.5 Å². The van der Waals surface area contributed by atoms with Crippen LogP contribution in [0.15, 0.2) is 48.5 Å². The molecule has 0 saturated heterocycles. The van der Waals surface area contributed by atoms with E-state index in [1.807, 2.05) is 0 Å². The van der Waals surface area contributed by atoms with E-state index >= 15 is 0 Å². The van der Waals surface area contributed by atoms with E-state index in [4.69, 9.17) is 14.2 Å². The van der Waals surface area contributed by atoms with Gasteiger partial charge in [-0.2, -0.15) is 0 Å². The van der Waals surface area contributed by atoms with Crippen molar-refractivity contribution in [2.75, 3.05) is 19.5 Å². The topological polar surface area (TPSA) is 73.9 Å². The molecule has 0 saturated carbocycles. The molecule has 0 aliphatic carbocycles. The maximum atomic E-state index is 12.9. The highest BCUT2D eigenvalue weighted by atomic mass is 19.1. The summed E-state index contributed by atoms with van der Waals surface area (Å²) in [5, 5.41) is 2.54. The molecule has 0 fully saturated rings. The fraction of sp³-hybridized carbons (Fsp3) is 0.200. The van der Waals surface area contributed by atoms with Crippen LogP contribution in [-0.4, -0.2) is 32.2 Å². The van der Waals surface area contributed by atoms with Crippen LogP contribution in [0.3, 0.4) is 0 Å². The van der Waals surface area contributed by atoms with Gasteiger partial charge in [-0.1, -0.05) is 0 Å². The van der Waals surface area contributed by atoms with Gasteiger partial charge in [0.05, 0.1) is 14.2 Å². The Morgan fingerprint density at radius 2 is 1.78 bits per heavy atom. The van der Waals surface area contributed by atoms with Crippen molar-refractivity contribution in [3.63, 3.8) is 0 Å². The molecule has 0 aromatic heterocycles. The van der Waals surface area contributed by atoms with Crippen LogP contribution in [0, 0.1) is 5.82 Å². The van der Waals surface area contributed by atoms with Gasteiger partial charge in [0, 0.05) is 17.3 Å². The van der Waals surface area contributed by atoms with Gasteiger partial charge in [-0.15, -0.1) is 0 Å². The molecule has 0 aliphatic heterocycles. The first-order valence-electron chi connectivity index (χ1n) is 8.10. The van der Waals surface area contributed by atoms with Crippen LogP contribution < -0.4 is 14.8 Å². The van der Waals surface area contributed by atoms with E-state index in [0.717, 1.165) is 0 Å². The summed E-state index contributed by atoms with van der Waals surface area (Å²) < 4.78 is 28.3. The van der Waals surface area contributed by atoms with Gasteiger partial charge in [-0.05, 0) is 55.5 Å². The molecule has 0 aliphatic rings. The molecule has 2 aromatic carbocycles. The molecule has 1 atom stereocenters. The Labute approximate surface area is 156 Å². The lowest BCUT2D eigenvalue weighted by atomic mass is 10.1. The number of ether oxygens (including phenoxy) is 3. The largest absolute Gasteiger partial charge is 0.497 e. The number of amides is 1. The number of esters is 1. The highest BCUT2D eigenvalue weighted by Crippen LogP contribution is 2.25. The molecule has 1 N–H and O–H groups in total. The summed E-state index contributed by atoms with van der Waals surface area (Å²) >= 11 is 0. The molecule has 7 heteroatoms. The van der Waals surface area contributed by atoms with Gasteiger partial charge in [-0.25, -0.2) is 9.18 Å². The maximum Gasteiger partial charge on any atom is 0.331 e. The zero-order chi connectivity index (χ0) is 19.8. The zero-order valence-electron chi connectivity index (χ0n) is 15.2. The number of halogens is 1. The van der Waals surface area contributed by atoms with Gasteiger partial charge in [0.2, 0.25) is 0 Å². The van der Waals surface area contributed by atoms with E-state index in [9.17, 15) is 14.0 Å². The SMILES string of the molecule is COc1ccc(OC)c(/C=C/C(=O)O[C@H](C)C(=O)Nc2ccc(F)cc2)c1. The van der Waals surface area contributed by atoms with Crippen molar-refractivity contribution in [1.82, 2.24) is 0 Å². The predicted octanol–water partition coefficient (Wildman–Crippen LogP) is 3.43. The molecule has 0 radical (unpaired) electrons. The lowest BCUT2D eigenvalue weighted by Gasteiger charge is -2.12. The van der Waals surface area contributed by atoms with Crippen LogP contribution in [0.5, 0.6) is 11.5 Å². The molecule has 0 heterocycles. The van der Waals surface area contributed by atoms with Gasteiger partial charge >= 0.3 is 5.97 Å². The molecule has 0 spiro atoms. The number of benzene rings is 2. The zero-order valence-corrected chi connectivity index (χ0v) is 15.2. The third kappa shape index (κ3) is 5.85. The summed E-state index contributed by atoms with van der Waals surface area (Å²) in [7, 11) is 3.05. The number of anilines is 1. The second-order valence-corrected chi connectivity index (χ2v) is 5.52. The second-order valence-electron chi connectivity index (χ2n) is 5.52. The number of nitrogens with one attached hydrogen (secondary N) is 1. The van der Waals surface area contributed by atoms with E-state index in [0.29, 0.717) is 22.7 Å². The van der Waals surface area contributed by atoms with Crippen LogP contribution in [0.25, 0.3) is 6.08 Å². The van der Waals surface area contributed by atoms with Gasteiger partial charge in [0.25, 0.3) is 5.91 Å². The monoisotopic (exact) mass is 373 g/mol. The third-order valence-electron chi connectivity index (χ3n) is 3.61. The van der Waals surface area contributed by atoms with Crippen molar-refractivity contribution in [2.45, 2.75) is 13.0 Å². The van der Waals surface area contributed by atoms with Crippen molar-refractivity contribution in [1.29, 1.82) is 0 Å². The molecular formula is C20H20FNO5. The van der Waals surface area contributed by atoms with Gasteiger partial charge in [-0.3, -0.25) is 4.79 Å². The Bertz CT molecular complexity index is 833. The Balaban J connectivity index is 1.97. The molecule has 6 nitrogen and oxygen atoms in total. The lowest BCUT2D eigenvalue weighted by Crippen LogP contribution is -2.29. The Morgan fingerprint density at radius 3 is 2.41 bits per heavy atom.